The number of nitrogens with zero attached hydrogens (tertiary/aromatic N) is 2. The van der Waals surface area contributed by atoms with E-state index in [1.165, 1.54) is 4.88 Å². The normalized spacial score (nSPS) is 22.7. The molecule has 1 saturated heterocycles. The van der Waals surface area contributed by atoms with Crippen molar-refractivity contribution in [2.24, 2.45) is 0 Å². The molecule has 2 aliphatic rings. The summed E-state index contributed by atoms with van der Waals surface area (Å²) in [6.45, 7) is 4.03. The third-order valence-corrected chi connectivity index (χ3v) is 5.71. The zero-order valence-corrected chi connectivity index (χ0v) is 13.6. The summed E-state index contributed by atoms with van der Waals surface area (Å²) >= 11 is 7.56. The zero-order chi connectivity index (χ0) is 14.9. The van der Waals surface area contributed by atoms with Crippen molar-refractivity contribution < 1.29 is 9.90 Å². The van der Waals surface area contributed by atoms with Gasteiger partial charge in [0.1, 0.15) is 5.60 Å². The number of thiophene rings is 1. The highest BCUT2D eigenvalue weighted by Crippen LogP contribution is 2.31. The summed E-state index contributed by atoms with van der Waals surface area (Å²) < 4.78 is 0.822. The first-order chi connectivity index (χ1) is 10.1. The molecular formula is C15H21ClN2O2S. The van der Waals surface area contributed by atoms with Gasteiger partial charge in [0.25, 0.3) is 5.91 Å². The van der Waals surface area contributed by atoms with Gasteiger partial charge in [0, 0.05) is 37.6 Å². The van der Waals surface area contributed by atoms with Gasteiger partial charge in [-0.2, -0.15) is 0 Å². The van der Waals surface area contributed by atoms with Crippen molar-refractivity contribution in [3.63, 3.8) is 0 Å². The minimum absolute atomic E-state index is 0.0566. The molecule has 1 aliphatic heterocycles. The maximum atomic E-state index is 12.4. The topological polar surface area (TPSA) is 43.8 Å². The summed E-state index contributed by atoms with van der Waals surface area (Å²) in [4.78, 5) is 17.9. The van der Waals surface area contributed by atoms with Gasteiger partial charge in [-0.25, -0.2) is 0 Å². The third-order valence-electron chi connectivity index (χ3n) is 4.50. The van der Waals surface area contributed by atoms with Gasteiger partial charge in [-0.1, -0.05) is 11.6 Å². The molecule has 0 aromatic carbocycles. The van der Waals surface area contributed by atoms with Crippen molar-refractivity contribution >= 4 is 28.8 Å². The third kappa shape index (κ3) is 3.42. The molecule has 1 aromatic heterocycles. The van der Waals surface area contributed by atoms with E-state index in [-0.39, 0.29) is 5.91 Å². The Morgan fingerprint density at radius 3 is 2.48 bits per heavy atom. The van der Waals surface area contributed by atoms with Gasteiger partial charge < -0.3 is 10.0 Å². The van der Waals surface area contributed by atoms with Crippen LogP contribution in [0.5, 0.6) is 0 Å². The number of piperazine rings is 1. The van der Waals surface area contributed by atoms with Crippen LogP contribution in [0.15, 0.2) is 12.1 Å². The molecule has 1 aromatic rings. The molecule has 0 spiro atoms. The van der Waals surface area contributed by atoms with Crippen LogP contribution in [0.25, 0.3) is 0 Å². The second-order valence-electron chi connectivity index (χ2n) is 6.01. The molecule has 0 unspecified atom stereocenters. The van der Waals surface area contributed by atoms with Crippen LogP contribution in [0, 0.1) is 0 Å². The fraction of sp³-hybridized carbons (Fsp3) is 0.667. The summed E-state index contributed by atoms with van der Waals surface area (Å²) in [5.74, 6) is -0.0566. The number of aliphatic hydroxyl groups is 1. The molecule has 2 fully saturated rings. The maximum absolute atomic E-state index is 12.4. The highest BCUT2D eigenvalue weighted by atomic mass is 35.5. The van der Waals surface area contributed by atoms with E-state index >= 15 is 0 Å². The Kier molecular flexibility index (Phi) is 4.54. The van der Waals surface area contributed by atoms with Crippen molar-refractivity contribution in [1.82, 2.24) is 9.80 Å². The number of halogens is 1. The van der Waals surface area contributed by atoms with Crippen molar-refractivity contribution in [2.75, 3.05) is 26.2 Å². The van der Waals surface area contributed by atoms with Crippen LogP contribution in [0.3, 0.4) is 0 Å². The molecular weight excluding hydrogens is 308 g/mol. The summed E-state index contributed by atoms with van der Waals surface area (Å²) in [5.41, 5.74) is -1.08. The molecule has 0 radical (unpaired) electrons. The number of rotatable bonds is 3. The molecule has 21 heavy (non-hydrogen) atoms. The molecule has 0 bridgehead atoms. The van der Waals surface area contributed by atoms with E-state index in [9.17, 15) is 9.90 Å². The SMILES string of the molecule is O=C(N1CCN(Cc2ccc(Cl)s2)CC1)C1(O)CCCC1. The van der Waals surface area contributed by atoms with Crippen molar-refractivity contribution in [1.29, 1.82) is 0 Å². The fourth-order valence-electron chi connectivity index (χ4n) is 3.23. The lowest BCUT2D eigenvalue weighted by Crippen LogP contribution is -2.54. The summed E-state index contributed by atoms with van der Waals surface area (Å²) in [6, 6.07) is 3.99. The number of carbonyl (C=O) groups excluding carboxylic acids is 1. The molecule has 3 rings (SSSR count). The standard InChI is InChI=1S/C15H21ClN2O2S/c16-13-4-3-12(21-13)11-17-7-9-18(10-8-17)14(19)15(20)5-1-2-6-15/h3-4,20H,1-2,5-11H2. The monoisotopic (exact) mass is 328 g/mol. The van der Waals surface area contributed by atoms with Gasteiger partial charge in [-0.05, 0) is 37.8 Å². The predicted octanol–water partition coefficient (Wildman–Crippen LogP) is 2.35. The number of hydrogen-bond acceptors (Lipinski definition) is 4. The van der Waals surface area contributed by atoms with E-state index in [0.29, 0.717) is 25.9 Å². The van der Waals surface area contributed by atoms with Gasteiger partial charge >= 0.3 is 0 Å². The smallest absolute Gasteiger partial charge is 0.254 e. The number of amides is 1. The lowest BCUT2D eigenvalue weighted by Gasteiger charge is -2.37. The first-order valence-electron chi connectivity index (χ1n) is 7.55. The molecule has 116 valence electrons. The van der Waals surface area contributed by atoms with Crippen LogP contribution in [0.2, 0.25) is 4.34 Å². The Balaban J connectivity index is 1.52. The van der Waals surface area contributed by atoms with Crippen LogP contribution in [-0.4, -0.2) is 52.6 Å². The number of hydrogen-bond donors (Lipinski definition) is 1. The van der Waals surface area contributed by atoms with Gasteiger partial charge in [-0.15, -0.1) is 11.3 Å². The Bertz CT molecular complexity index is 506. The maximum Gasteiger partial charge on any atom is 0.254 e. The highest BCUT2D eigenvalue weighted by Gasteiger charge is 2.42. The fourth-order valence-corrected chi connectivity index (χ4v) is 4.36. The average Bonchev–Trinajstić information content (AvgIpc) is 3.09. The van der Waals surface area contributed by atoms with Crippen LogP contribution in [0.1, 0.15) is 30.6 Å². The Labute approximate surface area is 134 Å². The lowest BCUT2D eigenvalue weighted by atomic mass is 10.00. The lowest BCUT2D eigenvalue weighted by molar-refractivity contribution is -0.152. The molecule has 1 saturated carbocycles. The Morgan fingerprint density at radius 2 is 1.90 bits per heavy atom. The average molecular weight is 329 g/mol. The second-order valence-corrected chi connectivity index (χ2v) is 7.81. The van der Waals surface area contributed by atoms with Crippen LogP contribution in [0.4, 0.5) is 0 Å². The summed E-state index contributed by atoms with van der Waals surface area (Å²) in [5, 5.41) is 10.4. The highest BCUT2D eigenvalue weighted by molar-refractivity contribution is 7.16. The Hall–Kier alpha value is -0.620. The summed E-state index contributed by atoms with van der Waals surface area (Å²) in [7, 11) is 0. The van der Waals surface area contributed by atoms with Gasteiger partial charge in [0.05, 0.1) is 4.34 Å². The van der Waals surface area contributed by atoms with Crippen molar-refractivity contribution in [3.05, 3.63) is 21.3 Å². The van der Waals surface area contributed by atoms with E-state index in [0.717, 1.165) is 36.8 Å². The zero-order valence-electron chi connectivity index (χ0n) is 12.1. The number of carbonyl (C=O) groups is 1. The van der Waals surface area contributed by atoms with Crippen molar-refractivity contribution in [2.45, 2.75) is 37.8 Å². The first-order valence-corrected chi connectivity index (χ1v) is 8.75. The van der Waals surface area contributed by atoms with Crippen LogP contribution in [-0.2, 0) is 11.3 Å². The van der Waals surface area contributed by atoms with Gasteiger partial charge in [0.15, 0.2) is 0 Å². The first kappa shape index (κ1) is 15.3. The van der Waals surface area contributed by atoms with E-state index in [1.807, 2.05) is 11.0 Å². The van der Waals surface area contributed by atoms with Crippen LogP contribution < -0.4 is 0 Å². The van der Waals surface area contributed by atoms with E-state index in [1.54, 1.807) is 11.3 Å². The minimum atomic E-state index is -1.08. The molecule has 1 amide bonds. The van der Waals surface area contributed by atoms with E-state index in [4.69, 9.17) is 11.6 Å². The second kappa shape index (κ2) is 6.24. The Morgan fingerprint density at radius 1 is 1.24 bits per heavy atom. The molecule has 2 heterocycles. The van der Waals surface area contributed by atoms with E-state index < -0.39 is 5.60 Å². The molecule has 1 aliphatic carbocycles. The largest absolute Gasteiger partial charge is 0.380 e. The van der Waals surface area contributed by atoms with Crippen LogP contribution >= 0.6 is 22.9 Å². The minimum Gasteiger partial charge on any atom is -0.380 e. The predicted molar refractivity (Wildman–Crippen MR) is 84.6 cm³/mol. The van der Waals surface area contributed by atoms with E-state index in [2.05, 4.69) is 11.0 Å². The quantitative estimate of drug-likeness (QED) is 0.926. The summed E-state index contributed by atoms with van der Waals surface area (Å²) in [6.07, 6.45) is 3.17. The molecule has 4 nitrogen and oxygen atoms in total. The molecule has 1 N–H and O–H groups in total. The molecule has 6 heteroatoms. The van der Waals surface area contributed by atoms with Gasteiger partial charge in [0.2, 0.25) is 0 Å². The van der Waals surface area contributed by atoms with Crippen molar-refractivity contribution in [3.8, 4) is 0 Å². The van der Waals surface area contributed by atoms with Gasteiger partial charge in [-0.3, -0.25) is 9.69 Å². The molecule has 0 atom stereocenters.